The summed E-state index contributed by atoms with van der Waals surface area (Å²) in [6, 6.07) is 16.1. The Bertz CT molecular complexity index is 1240. The molecule has 0 bridgehead atoms. The van der Waals surface area contributed by atoms with Crippen molar-refractivity contribution in [2.45, 2.75) is 45.6 Å². The first-order chi connectivity index (χ1) is 15.7. The van der Waals surface area contributed by atoms with Crippen LogP contribution in [0.3, 0.4) is 0 Å². The van der Waals surface area contributed by atoms with Crippen LogP contribution in [0.15, 0.2) is 53.9 Å². The quantitative estimate of drug-likeness (QED) is 0.584. The number of nitriles is 1. The van der Waals surface area contributed by atoms with Crippen molar-refractivity contribution in [2.24, 2.45) is 5.73 Å². The maximum Gasteiger partial charge on any atom is 0.244 e. The molecule has 0 unspecified atom stereocenters. The highest BCUT2D eigenvalue weighted by Crippen LogP contribution is 2.43. The van der Waals surface area contributed by atoms with Crippen molar-refractivity contribution >= 4 is 0 Å². The van der Waals surface area contributed by atoms with Crippen molar-refractivity contribution < 1.29 is 14.2 Å². The lowest BCUT2D eigenvalue weighted by molar-refractivity contribution is 0.296. The van der Waals surface area contributed by atoms with E-state index in [-0.39, 0.29) is 11.3 Å². The molecule has 0 radical (unpaired) electrons. The van der Waals surface area contributed by atoms with Crippen LogP contribution in [0.2, 0.25) is 0 Å². The van der Waals surface area contributed by atoms with Crippen LogP contribution in [0, 0.1) is 18.3 Å². The van der Waals surface area contributed by atoms with Crippen molar-refractivity contribution in [3.05, 3.63) is 81.9 Å². The van der Waals surface area contributed by atoms with E-state index in [2.05, 4.69) is 49.2 Å². The van der Waals surface area contributed by atoms with Crippen molar-refractivity contribution in [3.8, 4) is 23.4 Å². The van der Waals surface area contributed by atoms with Gasteiger partial charge in [0.15, 0.2) is 0 Å². The molecule has 1 atom stereocenters. The lowest BCUT2D eigenvalue weighted by atomic mass is 9.83. The molecule has 0 fully saturated rings. The molecule has 170 valence electrons. The first-order valence-corrected chi connectivity index (χ1v) is 10.8. The largest absolute Gasteiger partial charge is 0.496 e. The smallest absolute Gasteiger partial charge is 0.244 e. The average Bonchev–Trinajstić information content (AvgIpc) is 3.16. The van der Waals surface area contributed by atoms with E-state index < -0.39 is 5.92 Å². The molecule has 3 aromatic rings. The van der Waals surface area contributed by atoms with E-state index in [1.165, 1.54) is 5.56 Å². The third-order valence-electron chi connectivity index (χ3n) is 5.88. The van der Waals surface area contributed by atoms with Crippen molar-refractivity contribution in [2.75, 3.05) is 7.11 Å². The van der Waals surface area contributed by atoms with Crippen LogP contribution in [0.1, 0.15) is 54.6 Å². The lowest BCUT2D eigenvalue weighted by Gasteiger charge is -2.24. The third kappa shape index (κ3) is 4.24. The summed E-state index contributed by atoms with van der Waals surface area (Å²) in [4.78, 5) is 0. The van der Waals surface area contributed by atoms with Gasteiger partial charge < -0.3 is 19.9 Å². The summed E-state index contributed by atoms with van der Waals surface area (Å²) in [7, 11) is 1.63. The van der Waals surface area contributed by atoms with Crippen LogP contribution < -0.4 is 19.9 Å². The maximum absolute atomic E-state index is 9.80. The molecular formula is C26H28N4O3. The fraction of sp³-hybridized carbons (Fsp3) is 0.308. The summed E-state index contributed by atoms with van der Waals surface area (Å²) in [6.07, 6.45) is 0. The van der Waals surface area contributed by atoms with Gasteiger partial charge in [-0.25, -0.2) is 0 Å². The Balaban J connectivity index is 1.66. The number of aryl methyl sites for hydroxylation is 1. The Hall–Kier alpha value is -3.92. The van der Waals surface area contributed by atoms with Gasteiger partial charge in [0.2, 0.25) is 11.8 Å². The number of aromatic amines is 1. The van der Waals surface area contributed by atoms with Gasteiger partial charge in [-0.05, 0) is 47.7 Å². The second-order valence-corrected chi connectivity index (χ2v) is 9.13. The van der Waals surface area contributed by atoms with Crippen LogP contribution in [0.25, 0.3) is 0 Å². The lowest BCUT2D eigenvalue weighted by Crippen LogP contribution is -2.21. The number of hydrogen-bond donors (Lipinski definition) is 2. The number of allylic oxidation sites excluding steroid dienone is 1. The Morgan fingerprint density at radius 2 is 1.91 bits per heavy atom. The average molecular weight is 445 g/mol. The molecule has 2 aromatic carbocycles. The molecule has 7 nitrogen and oxygen atoms in total. The Labute approximate surface area is 193 Å². The Kier molecular flexibility index (Phi) is 5.77. The highest BCUT2D eigenvalue weighted by Gasteiger charge is 2.34. The summed E-state index contributed by atoms with van der Waals surface area (Å²) in [5.74, 6) is 1.54. The molecule has 0 amide bonds. The first kappa shape index (κ1) is 22.3. The van der Waals surface area contributed by atoms with Gasteiger partial charge in [0.1, 0.15) is 29.7 Å². The SMILES string of the molecule is COc1ccc([C@H]2C(C#N)=C(N)Oc3n[nH]c(C)c32)cc1COc1ccc(C(C)(C)C)cc1. The van der Waals surface area contributed by atoms with E-state index in [9.17, 15) is 5.26 Å². The molecular weight excluding hydrogens is 416 g/mol. The standard InChI is InChI=1S/C26H28N4O3/c1-15-22-23(20(13-27)24(28)33-25(22)30-29-15)16-6-11-21(31-5)17(12-16)14-32-19-9-7-18(8-10-19)26(2,3)4/h6-12,23H,14,28H2,1-5H3,(H,29,30)/t23-/m0/s1. The molecule has 1 aromatic heterocycles. The van der Waals surface area contributed by atoms with Gasteiger partial charge in [-0.2, -0.15) is 5.26 Å². The minimum Gasteiger partial charge on any atom is -0.496 e. The van der Waals surface area contributed by atoms with E-state index >= 15 is 0 Å². The second-order valence-electron chi connectivity index (χ2n) is 9.13. The van der Waals surface area contributed by atoms with Crippen molar-refractivity contribution in [3.63, 3.8) is 0 Å². The second kappa shape index (κ2) is 8.55. The molecule has 3 N–H and O–H groups in total. The zero-order valence-corrected chi connectivity index (χ0v) is 19.5. The predicted octanol–water partition coefficient (Wildman–Crippen LogP) is 4.82. The normalized spacial score (nSPS) is 15.5. The van der Waals surface area contributed by atoms with Crippen molar-refractivity contribution in [1.29, 1.82) is 5.26 Å². The number of ether oxygens (including phenoxy) is 3. The zero-order chi connectivity index (χ0) is 23.8. The maximum atomic E-state index is 9.80. The molecule has 0 aliphatic carbocycles. The van der Waals surface area contributed by atoms with Crippen LogP contribution in [0.5, 0.6) is 17.4 Å². The summed E-state index contributed by atoms with van der Waals surface area (Å²) in [6.45, 7) is 8.75. The van der Waals surface area contributed by atoms with Gasteiger partial charge in [0, 0.05) is 16.8 Å². The molecule has 7 heteroatoms. The van der Waals surface area contributed by atoms with Crippen molar-refractivity contribution in [1.82, 2.24) is 10.2 Å². The third-order valence-corrected chi connectivity index (χ3v) is 5.88. The van der Waals surface area contributed by atoms with E-state index in [4.69, 9.17) is 19.9 Å². The number of fused-ring (bicyclic) bond motifs is 1. The van der Waals surface area contributed by atoms with Gasteiger partial charge in [0.25, 0.3) is 0 Å². The molecule has 4 rings (SSSR count). The highest BCUT2D eigenvalue weighted by atomic mass is 16.5. The molecule has 0 saturated carbocycles. The summed E-state index contributed by atoms with van der Waals surface area (Å²) >= 11 is 0. The molecule has 33 heavy (non-hydrogen) atoms. The molecule has 0 saturated heterocycles. The van der Waals surface area contributed by atoms with E-state index in [1.54, 1.807) is 7.11 Å². The molecule has 0 spiro atoms. The number of nitrogens with one attached hydrogen (secondary N) is 1. The number of nitrogens with two attached hydrogens (primary N) is 1. The van der Waals surface area contributed by atoms with Gasteiger partial charge in [0.05, 0.1) is 13.0 Å². The van der Waals surface area contributed by atoms with Gasteiger partial charge in [-0.3, -0.25) is 5.10 Å². The summed E-state index contributed by atoms with van der Waals surface area (Å²) < 4.78 is 17.2. The summed E-state index contributed by atoms with van der Waals surface area (Å²) in [5, 5.41) is 16.9. The van der Waals surface area contributed by atoms with E-state index in [0.29, 0.717) is 23.8 Å². The molecule has 1 aliphatic heterocycles. The minimum atomic E-state index is -0.395. The number of H-pyrrole nitrogens is 1. The number of hydrogen-bond acceptors (Lipinski definition) is 6. The molecule has 1 aliphatic rings. The van der Waals surface area contributed by atoms with Crippen LogP contribution in [-0.2, 0) is 12.0 Å². The zero-order valence-electron chi connectivity index (χ0n) is 19.5. The Morgan fingerprint density at radius 3 is 2.55 bits per heavy atom. The fourth-order valence-electron chi connectivity index (χ4n) is 4.04. The number of nitrogens with zero attached hydrogens (tertiary/aromatic N) is 2. The number of rotatable bonds is 5. The van der Waals surface area contributed by atoms with E-state index in [1.807, 2.05) is 37.3 Å². The monoisotopic (exact) mass is 444 g/mol. The van der Waals surface area contributed by atoms with Gasteiger partial charge in [-0.1, -0.05) is 39.0 Å². The first-order valence-electron chi connectivity index (χ1n) is 10.8. The topological polar surface area (TPSA) is 106 Å². The predicted molar refractivity (Wildman–Crippen MR) is 125 cm³/mol. The van der Waals surface area contributed by atoms with Gasteiger partial charge >= 0.3 is 0 Å². The fourth-order valence-corrected chi connectivity index (χ4v) is 4.04. The molecule has 2 heterocycles. The van der Waals surface area contributed by atoms with Crippen LogP contribution in [-0.4, -0.2) is 17.3 Å². The number of benzene rings is 2. The van der Waals surface area contributed by atoms with E-state index in [0.717, 1.165) is 28.1 Å². The van der Waals surface area contributed by atoms with Crippen LogP contribution >= 0.6 is 0 Å². The number of aromatic nitrogens is 2. The highest BCUT2D eigenvalue weighted by molar-refractivity contribution is 5.56. The summed E-state index contributed by atoms with van der Waals surface area (Å²) in [5.41, 5.74) is 11.1. The Morgan fingerprint density at radius 1 is 1.18 bits per heavy atom. The minimum absolute atomic E-state index is 0.0639. The van der Waals surface area contributed by atoms with Crippen LogP contribution in [0.4, 0.5) is 0 Å². The number of methoxy groups -OCH3 is 1. The van der Waals surface area contributed by atoms with Gasteiger partial charge in [-0.15, -0.1) is 5.10 Å².